The smallest absolute Gasteiger partial charge is 0.243 e. The van der Waals surface area contributed by atoms with Gasteiger partial charge in [0.1, 0.15) is 12.4 Å². The van der Waals surface area contributed by atoms with Gasteiger partial charge in [0, 0.05) is 18.8 Å². The average molecular weight is 457 g/mol. The van der Waals surface area contributed by atoms with Crippen LogP contribution in [0, 0.1) is 6.92 Å². The molecule has 1 aliphatic rings. The Labute approximate surface area is 186 Å². The van der Waals surface area contributed by atoms with Crippen LogP contribution in [-0.2, 0) is 21.4 Å². The molecule has 11 heteroatoms. The van der Waals surface area contributed by atoms with Gasteiger partial charge in [-0.05, 0) is 43.3 Å². The highest BCUT2D eigenvalue weighted by Gasteiger charge is 2.26. The summed E-state index contributed by atoms with van der Waals surface area (Å²) in [6.45, 7) is 3.54. The molecule has 0 saturated carbocycles. The number of nitrogens with zero attached hydrogens (tertiary/aromatic N) is 4. The minimum absolute atomic E-state index is 0.0465. The Bertz CT molecular complexity index is 1160. The van der Waals surface area contributed by atoms with Crippen molar-refractivity contribution in [2.75, 3.05) is 37.4 Å². The molecule has 0 spiro atoms. The van der Waals surface area contributed by atoms with E-state index >= 15 is 0 Å². The zero-order chi connectivity index (χ0) is 22.6. The number of sulfonamides is 1. The van der Waals surface area contributed by atoms with E-state index in [0.29, 0.717) is 43.8 Å². The van der Waals surface area contributed by atoms with E-state index in [-0.39, 0.29) is 17.5 Å². The molecule has 1 aromatic heterocycles. The molecule has 0 radical (unpaired) electrons. The van der Waals surface area contributed by atoms with E-state index in [1.54, 1.807) is 12.1 Å². The van der Waals surface area contributed by atoms with E-state index in [2.05, 4.69) is 20.3 Å². The topological polar surface area (TPSA) is 133 Å². The van der Waals surface area contributed by atoms with Gasteiger partial charge in [-0.15, -0.1) is 0 Å². The fourth-order valence-corrected chi connectivity index (χ4v) is 4.52. The molecule has 0 aliphatic carbocycles. The number of hydrogen-bond donors (Lipinski definition) is 2. The van der Waals surface area contributed by atoms with Crippen molar-refractivity contribution in [3.63, 3.8) is 0 Å². The highest BCUT2D eigenvalue weighted by Crippen LogP contribution is 2.21. The van der Waals surface area contributed by atoms with Crippen molar-refractivity contribution in [2.24, 2.45) is 0 Å². The number of morpholine rings is 1. The zero-order valence-corrected chi connectivity index (χ0v) is 18.4. The van der Waals surface area contributed by atoms with Crippen LogP contribution < -0.4 is 15.8 Å². The Kier molecular flexibility index (Phi) is 6.49. The van der Waals surface area contributed by atoms with Crippen LogP contribution in [0.3, 0.4) is 0 Å². The van der Waals surface area contributed by atoms with Crippen molar-refractivity contribution in [3.05, 3.63) is 59.9 Å². The molecule has 2 aromatic carbocycles. The molecular formula is C21H24N6O4S. The number of nitrogen functional groups attached to an aromatic ring is 1. The molecule has 1 aliphatic heterocycles. The largest absolute Gasteiger partial charge is 0.486 e. The molecule has 0 unspecified atom stereocenters. The first-order valence-electron chi connectivity index (χ1n) is 10.0. The van der Waals surface area contributed by atoms with Crippen molar-refractivity contribution >= 4 is 27.6 Å². The van der Waals surface area contributed by atoms with Crippen LogP contribution in [0.2, 0.25) is 0 Å². The second kappa shape index (κ2) is 9.47. The lowest BCUT2D eigenvalue weighted by atomic mass is 10.2. The van der Waals surface area contributed by atoms with Crippen LogP contribution in [-0.4, -0.2) is 54.0 Å². The summed E-state index contributed by atoms with van der Waals surface area (Å²) in [5.41, 5.74) is 7.77. The lowest BCUT2D eigenvalue weighted by Crippen LogP contribution is -2.40. The summed E-state index contributed by atoms with van der Waals surface area (Å²) in [4.78, 5) is 12.7. The maximum atomic E-state index is 12.7. The van der Waals surface area contributed by atoms with Crippen LogP contribution in [0.4, 0.5) is 17.6 Å². The summed E-state index contributed by atoms with van der Waals surface area (Å²) in [6.07, 6.45) is 0. The van der Waals surface area contributed by atoms with E-state index in [4.69, 9.17) is 15.2 Å². The van der Waals surface area contributed by atoms with Crippen LogP contribution in [0.1, 0.15) is 11.4 Å². The number of nitrogens with one attached hydrogen (secondary N) is 1. The number of rotatable bonds is 7. The SMILES string of the molecule is Cc1ccc(Nc2nc(N)nc(COc3ccc(S(=O)(=O)N4CCOCC4)cc3)n2)cc1. The minimum Gasteiger partial charge on any atom is -0.486 e. The van der Waals surface area contributed by atoms with Gasteiger partial charge in [-0.25, -0.2) is 8.42 Å². The second-order valence-corrected chi connectivity index (χ2v) is 9.14. The van der Waals surface area contributed by atoms with Crippen LogP contribution in [0.15, 0.2) is 53.4 Å². The first-order valence-corrected chi connectivity index (χ1v) is 11.5. The molecule has 3 aromatic rings. The van der Waals surface area contributed by atoms with Gasteiger partial charge >= 0.3 is 0 Å². The summed E-state index contributed by atoms with van der Waals surface area (Å²) in [7, 11) is -3.55. The van der Waals surface area contributed by atoms with Gasteiger partial charge in [0.2, 0.25) is 21.9 Å². The van der Waals surface area contributed by atoms with E-state index in [0.717, 1.165) is 11.3 Å². The fourth-order valence-electron chi connectivity index (χ4n) is 3.12. The molecule has 0 amide bonds. The van der Waals surface area contributed by atoms with Crippen LogP contribution in [0.5, 0.6) is 5.75 Å². The number of ether oxygens (including phenoxy) is 2. The average Bonchev–Trinajstić information content (AvgIpc) is 2.80. The second-order valence-electron chi connectivity index (χ2n) is 7.20. The third-order valence-electron chi connectivity index (χ3n) is 4.81. The molecule has 168 valence electrons. The molecule has 3 N–H and O–H groups in total. The van der Waals surface area contributed by atoms with Crippen molar-refractivity contribution in [2.45, 2.75) is 18.4 Å². The number of anilines is 3. The highest BCUT2D eigenvalue weighted by atomic mass is 32.2. The van der Waals surface area contributed by atoms with Crippen molar-refractivity contribution < 1.29 is 17.9 Å². The lowest BCUT2D eigenvalue weighted by molar-refractivity contribution is 0.0730. The van der Waals surface area contributed by atoms with Crippen molar-refractivity contribution in [1.82, 2.24) is 19.3 Å². The summed E-state index contributed by atoms with van der Waals surface area (Å²) in [5.74, 6) is 1.21. The number of nitrogens with two attached hydrogens (primary N) is 1. The zero-order valence-electron chi connectivity index (χ0n) is 17.6. The van der Waals surface area contributed by atoms with Crippen molar-refractivity contribution in [3.8, 4) is 5.75 Å². The number of aromatic nitrogens is 3. The van der Waals surface area contributed by atoms with Gasteiger partial charge in [0.25, 0.3) is 0 Å². The number of benzene rings is 2. The molecule has 32 heavy (non-hydrogen) atoms. The summed E-state index contributed by atoms with van der Waals surface area (Å²) in [6, 6.07) is 14.0. The van der Waals surface area contributed by atoms with E-state index < -0.39 is 10.0 Å². The molecule has 1 saturated heterocycles. The molecule has 10 nitrogen and oxygen atoms in total. The van der Waals surface area contributed by atoms with E-state index in [1.165, 1.54) is 16.4 Å². The van der Waals surface area contributed by atoms with Crippen LogP contribution in [0.25, 0.3) is 0 Å². The Hall–Kier alpha value is -3.28. The Morgan fingerprint density at radius 1 is 1.03 bits per heavy atom. The van der Waals surface area contributed by atoms with E-state index in [9.17, 15) is 8.42 Å². The standard InChI is InChI=1S/C21H24N6O4S/c1-15-2-4-16(5-3-15)23-21-25-19(24-20(22)26-21)14-31-17-6-8-18(9-7-17)32(28,29)27-10-12-30-13-11-27/h2-9H,10-14H2,1H3,(H3,22,23,24,25,26). The fraction of sp³-hybridized carbons (Fsp3) is 0.286. The van der Waals surface area contributed by atoms with Gasteiger partial charge in [0.15, 0.2) is 5.82 Å². The summed E-state index contributed by atoms with van der Waals surface area (Å²) in [5, 5.41) is 3.09. The van der Waals surface area contributed by atoms with Gasteiger partial charge in [-0.2, -0.15) is 19.3 Å². The molecular weight excluding hydrogens is 432 g/mol. The van der Waals surface area contributed by atoms with E-state index in [1.807, 2.05) is 31.2 Å². The highest BCUT2D eigenvalue weighted by molar-refractivity contribution is 7.89. The maximum absolute atomic E-state index is 12.7. The monoisotopic (exact) mass is 456 g/mol. The normalized spacial score (nSPS) is 14.8. The molecule has 0 bridgehead atoms. The Morgan fingerprint density at radius 2 is 1.72 bits per heavy atom. The Morgan fingerprint density at radius 3 is 2.41 bits per heavy atom. The molecule has 4 rings (SSSR count). The minimum atomic E-state index is -3.55. The van der Waals surface area contributed by atoms with Crippen LogP contribution >= 0.6 is 0 Å². The van der Waals surface area contributed by atoms with Gasteiger partial charge in [0.05, 0.1) is 18.1 Å². The summed E-state index contributed by atoms with van der Waals surface area (Å²) < 4.78 is 37.8. The summed E-state index contributed by atoms with van der Waals surface area (Å²) >= 11 is 0. The molecule has 2 heterocycles. The lowest BCUT2D eigenvalue weighted by Gasteiger charge is -2.26. The first-order chi connectivity index (χ1) is 15.4. The van der Waals surface area contributed by atoms with Crippen molar-refractivity contribution in [1.29, 1.82) is 0 Å². The molecule has 0 atom stereocenters. The van der Waals surface area contributed by atoms with Gasteiger partial charge in [-0.3, -0.25) is 0 Å². The third-order valence-corrected chi connectivity index (χ3v) is 6.72. The third kappa shape index (κ3) is 5.31. The van der Waals surface area contributed by atoms with Gasteiger partial charge in [-0.1, -0.05) is 17.7 Å². The molecule has 1 fully saturated rings. The quantitative estimate of drug-likeness (QED) is 0.548. The maximum Gasteiger partial charge on any atom is 0.243 e. The first kappa shape index (κ1) is 21.9. The number of aryl methyl sites for hydroxylation is 1. The predicted octanol–water partition coefficient (Wildman–Crippen LogP) is 2.11. The van der Waals surface area contributed by atoms with Gasteiger partial charge < -0.3 is 20.5 Å². The predicted molar refractivity (Wildman–Crippen MR) is 119 cm³/mol. The number of hydrogen-bond acceptors (Lipinski definition) is 9. The Balaban J connectivity index is 1.41.